The first-order valence-electron chi connectivity index (χ1n) is 10.8. The van der Waals surface area contributed by atoms with Crippen molar-refractivity contribution in [1.29, 1.82) is 0 Å². The minimum atomic E-state index is -0.819. The number of pyridine rings is 1. The summed E-state index contributed by atoms with van der Waals surface area (Å²) < 4.78 is 11.3. The number of ether oxygens (including phenoxy) is 2. The van der Waals surface area contributed by atoms with Crippen LogP contribution in [-0.4, -0.2) is 23.9 Å². The highest BCUT2D eigenvalue weighted by Gasteiger charge is 2.23. The topological polar surface area (TPSA) is 89.6 Å². The van der Waals surface area contributed by atoms with Gasteiger partial charge in [0, 0.05) is 30.6 Å². The lowest BCUT2D eigenvalue weighted by Crippen LogP contribution is -2.37. The minimum Gasteiger partial charge on any atom is -0.493 e. The molecule has 3 rings (SSSR count). The van der Waals surface area contributed by atoms with Crippen LogP contribution in [-0.2, 0) is 16.2 Å². The number of nitrogens with zero attached hydrogens (tertiary/aromatic N) is 1. The number of benzene rings is 2. The third-order valence-electron chi connectivity index (χ3n) is 4.87. The first-order valence-corrected chi connectivity index (χ1v) is 10.8. The Morgan fingerprint density at radius 2 is 1.70 bits per heavy atom. The van der Waals surface area contributed by atoms with E-state index in [4.69, 9.17) is 9.47 Å². The van der Waals surface area contributed by atoms with Crippen LogP contribution < -0.4 is 20.1 Å². The zero-order valence-electron chi connectivity index (χ0n) is 19.1. The third-order valence-corrected chi connectivity index (χ3v) is 4.87. The fraction of sp³-hybridized carbons (Fsp3) is 0.269. The van der Waals surface area contributed by atoms with Crippen LogP contribution in [0.1, 0.15) is 37.4 Å². The summed E-state index contributed by atoms with van der Waals surface area (Å²) in [6, 6.07) is 17.2. The lowest BCUT2D eigenvalue weighted by molar-refractivity contribution is -0.127. The van der Waals surface area contributed by atoms with Crippen molar-refractivity contribution in [3.05, 3.63) is 84.2 Å². The van der Waals surface area contributed by atoms with Gasteiger partial charge in [-0.05, 0) is 41.3 Å². The number of nitrogens with one attached hydrogen (secondary N) is 2. The van der Waals surface area contributed by atoms with E-state index in [1.165, 1.54) is 0 Å². The van der Waals surface area contributed by atoms with Gasteiger partial charge in [-0.1, -0.05) is 44.2 Å². The average Bonchev–Trinajstić information content (AvgIpc) is 2.82. The summed E-state index contributed by atoms with van der Waals surface area (Å²) in [5.41, 5.74) is 2.19. The molecule has 7 nitrogen and oxygen atoms in total. The summed E-state index contributed by atoms with van der Waals surface area (Å²) >= 11 is 0. The predicted octanol–water partition coefficient (Wildman–Crippen LogP) is 4.51. The van der Waals surface area contributed by atoms with Crippen molar-refractivity contribution in [3.8, 4) is 11.5 Å². The number of carbonyl (C=O) groups is 2. The molecule has 2 N–H and O–H groups in total. The first kappa shape index (κ1) is 23.8. The van der Waals surface area contributed by atoms with Gasteiger partial charge in [-0.15, -0.1) is 0 Å². The molecule has 0 aliphatic carbocycles. The van der Waals surface area contributed by atoms with Crippen molar-refractivity contribution in [3.63, 3.8) is 0 Å². The molecule has 172 valence electrons. The molecule has 3 aromatic rings. The van der Waals surface area contributed by atoms with Gasteiger partial charge in [-0.3, -0.25) is 14.6 Å². The van der Waals surface area contributed by atoms with Gasteiger partial charge in [-0.2, -0.15) is 0 Å². The van der Waals surface area contributed by atoms with Gasteiger partial charge in [0.15, 0.2) is 11.5 Å². The number of amides is 2. The van der Waals surface area contributed by atoms with Gasteiger partial charge in [0.05, 0.1) is 7.11 Å². The molecule has 0 aliphatic rings. The molecule has 0 saturated carbocycles. The summed E-state index contributed by atoms with van der Waals surface area (Å²) in [4.78, 5) is 29.6. The van der Waals surface area contributed by atoms with Crippen molar-refractivity contribution in [1.82, 2.24) is 10.3 Å². The van der Waals surface area contributed by atoms with E-state index in [1.54, 1.807) is 37.7 Å². The zero-order chi connectivity index (χ0) is 23.6. The Hall–Kier alpha value is -3.87. The SMILES string of the molecule is COc1ccc(NC(=O)C(NC(=O)CC(C)C)c2ccccc2)cc1OCc1ccncc1. The summed E-state index contributed by atoms with van der Waals surface area (Å²) in [5, 5.41) is 5.75. The molecule has 1 heterocycles. The molecule has 0 saturated heterocycles. The normalized spacial score (nSPS) is 11.5. The molecular formula is C26H29N3O4. The van der Waals surface area contributed by atoms with E-state index >= 15 is 0 Å². The Bertz CT molecular complexity index is 1060. The fourth-order valence-electron chi connectivity index (χ4n) is 3.26. The third kappa shape index (κ3) is 7.07. The van der Waals surface area contributed by atoms with Crippen molar-refractivity contribution in [2.75, 3.05) is 12.4 Å². The molecular weight excluding hydrogens is 418 g/mol. The summed E-state index contributed by atoms with van der Waals surface area (Å²) in [7, 11) is 1.56. The number of anilines is 1. The summed E-state index contributed by atoms with van der Waals surface area (Å²) in [5.74, 6) is 0.707. The lowest BCUT2D eigenvalue weighted by atomic mass is 10.0. The van der Waals surface area contributed by atoms with Gasteiger partial charge in [0.1, 0.15) is 12.6 Å². The van der Waals surface area contributed by atoms with Crippen LogP contribution in [0.4, 0.5) is 5.69 Å². The lowest BCUT2D eigenvalue weighted by Gasteiger charge is -2.20. The monoisotopic (exact) mass is 447 g/mol. The molecule has 0 aliphatic heterocycles. The largest absolute Gasteiger partial charge is 0.493 e. The first-order chi connectivity index (χ1) is 16.0. The van der Waals surface area contributed by atoms with E-state index in [1.807, 2.05) is 56.3 Å². The second kappa shape index (κ2) is 11.7. The minimum absolute atomic E-state index is 0.176. The van der Waals surface area contributed by atoms with Gasteiger partial charge < -0.3 is 20.1 Å². The Labute approximate surface area is 194 Å². The Morgan fingerprint density at radius 3 is 2.36 bits per heavy atom. The summed E-state index contributed by atoms with van der Waals surface area (Å²) in [6.45, 7) is 4.25. The highest BCUT2D eigenvalue weighted by Crippen LogP contribution is 2.31. The van der Waals surface area contributed by atoms with Crippen LogP contribution in [0.2, 0.25) is 0 Å². The van der Waals surface area contributed by atoms with Crippen molar-refractivity contribution in [2.45, 2.75) is 32.9 Å². The Morgan fingerprint density at radius 1 is 0.970 bits per heavy atom. The molecule has 2 amide bonds. The van der Waals surface area contributed by atoms with Gasteiger partial charge in [-0.25, -0.2) is 0 Å². The highest BCUT2D eigenvalue weighted by molar-refractivity contribution is 5.98. The van der Waals surface area contributed by atoms with Crippen LogP contribution in [0.25, 0.3) is 0 Å². The molecule has 1 aromatic heterocycles. The molecule has 2 aromatic carbocycles. The van der Waals surface area contributed by atoms with E-state index in [0.29, 0.717) is 35.8 Å². The Balaban J connectivity index is 1.77. The summed E-state index contributed by atoms with van der Waals surface area (Å²) in [6.07, 6.45) is 3.74. The number of rotatable bonds is 10. The molecule has 33 heavy (non-hydrogen) atoms. The number of carbonyl (C=O) groups excluding carboxylic acids is 2. The van der Waals surface area contributed by atoms with Crippen molar-refractivity contribution < 1.29 is 19.1 Å². The Kier molecular flexibility index (Phi) is 8.41. The average molecular weight is 448 g/mol. The molecule has 0 radical (unpaired) electrons. The van der Waals surface area contributed by atoms with Gasteiger partial charge in [0.25, 0.3) is 5.91 Å². The van der Waals surface area contributed by atoms with E-state index in [2.05, 4.69) is 15.6 Å². The van der Waals surface area contributed by atoms with Crippen LogP contribution in [0, 0.1) is 5.92 Å². The maximum Gasteiger partial charge on any atom is 0.251 e. The van der Waals surface area contributed by atoms with Crippen LogP contribution in [0.3, 0.4) is 0 Å². The van der Waals surface area contributed by atoms with E-state index < -0.39 is 6.04 Å². The quantitative estimate of drug-likeness (QED) is 0.477. The van der Waals surface area contributed by atoms with Crippen LogP contribution in [0.5, 0.6) is 11.5 Å². The zero-order valence-corrected chi connectivity index (χ0v) is 19.1. The molecule has 7 heteroatoms. The number of hydrogen-bond acceptors (Lipinski definition) is 5. The van der Waals surface area contributed by atoms with E-state index in [-0.39, 0.29) is 17.7 Å². The van der Waals surface area contributed by atoms with Crippen LogP contribution in [0.15, 0.2) is 73.1 Å². The smallest absolute Gasteiger partial charge is 0.251 e. The van der Waals surface area contributed by atoms with E-state index in [0.717, 1.165) is 5.56 Å². The molecule has 0 spiro atoms. The second-order valence-corrected chi connectivity index (χ2v) is 8.01. The van der Waals surface area contributed by atoms with Crippen molar-refractivity contribution in [2.24, 2.45) is 5.92 Å². The standard InChI is InChI=1S/C26H29N3O4/c1-18(2)15-24(30)29-25(20-7-5-4-6-8-20)26(31)28-21-9-10-22(32-3)23(16-21)33-17-19-11-13-27-14-12-19/h4-14,16,18,25H,15,17H2,1-3H3,(H,28,31)(H,29,30). The highest BCUT2D eigenvalue weighted by atomic mass is 16.5. The van der Waals surface area contributed by atoms with Crippen molar-refractivity contribution >= 4 is 17.5 Å². The van der Waals surface area contributed by atoms with Gasteiger partial charge in [0.2, 0.25) is 5.91 Å². The molecule has 1 unspecified atom stereocenters. The number of aromatic nitrogens is 1. The second-order valence-electron chi connectivity index (χ2n) is 8.01. The predicted molar refractivity (Wildman–Crippen MR) is 127 cm³/mol. The molecule has 0 bridgehead atoms. The van der Waals surface area contributed by atoms with E-state index in [9.17, 15) is 9.59 Å². The number of methoxy groups -OCH3 is 1. The fourth-order valence-corrected chi connectivity index (χ4v) is 3.26. The molecule has 0 fully saturated rings. The molecule has 1 atom stereocenters. The van der Waals surface area contributed by atoms with Crippen LogP contribution >= 0.6 is 0 Å². The maximum absolute atomic E-state index is 13.2. The van der Waals surface area contributed by atoms with Gasteiger partial charge >= 0.3 is 0 Å². The maximum atomic E-state index is 13.2. The number of hydrogen-bond donors (Lipinski definition) is 2.